The van der Waals surface area contributed by atoms with Crippen molar-refractivity contribution in [1.82, 2.24) is 0 Å². The molecule has 2 atom stereocenters. The first-order valence-electron chi connectivity index (χ1n) is 8.71. The van der Waals surface area contributed by atoms with Gasteiger partial charge < -0.3 is 9.84 Å². The first-order valence-corrected chi connectivity index (χ1v) is 8.71. The highest BCUT2D eigenvalue weighted by atomic mass is 16.6. The summed E-state index contributed by atoms with van der Waals surface area (Å²) in [6.45, 7) is 2.17. The lowest BCUT2D eigenvalue weighted by Crippen LogP contribution is -1.92. The van der Waals surface area contributed by atoms with Gasteiger partial charge in [-0.3, -0.25) is 4.79 Å². The fourth-order valence-electron chi connectivity index (χ4n) is 2.28. The summed E-state index contributed by atoms with van der Waals surface area (Å²) in [6, 6.07) is 0. The Hall–Kier alpha value is -1.61. The fourth-order valence-corrected chi connectivity index (χ4v) is 2.28. The van der Waals surface area contributed by atoms with Crippen LogP contribution in [0.1, 0.15) is 58.3 Å². The molecule has 1 aliphatic rings. The maximum absolute atomic E-state index is 10.3. The summed E-state index contributed by atoms with van der Waals surface area (Å²) in [5, 5.41) is 8.50. The van der Waals surface area contributed by atoms with Crippen molar-refractivity contribution in [2.45, 2.75) is 70.5 Å². The number of ether oxygens (including phenoxy) is 1. The zero-order valence-corrected chi connectivity index (χ0v) is 14.2. The van der Waals surface area contributed by atoms with Crippen LogP contribution in [0.3, 0.4) is 0 Å². The van der Waals surface area contributed by atoms with Crippen LogP contribution in [-0.2, 0) is 9.53 Å². The number of hydrogen-bond acceptors (Lipinski definition) is 2. The molecule has 128 valence electrons. The highest BCUT2D eigenvalue weighted by Crippen LogP contribution is 2.28. The highest BCUT2D eigenvalue weighted by Gasteiger charge is 2.35. The van der Waals surface area contributed by atoms with Crippen LogP contribution in [0.4, 0.5) is 0 Å². The van der Waals surface area contributed by atoms with Gasteiger partial charge in [-0.2, -0.15) is 0 Å². The van der Waals surface area contributed by atoms with Crippen molar-refractivity contribution in [2.75, 3.05) is 0 Å². The number of carbonyl (C=O) groups is 1. The molecule has 0 saturated carbocycles. The number of unbranched alkanes of at least 4 members (excludes halogenated alkanes) is 1. The van der Waals surface area contributed by atoms with Gasteiger partial charge in [0.15, 0.2) is 0 Å². The zero-order chi connectivity index (χ0) is 16.8. The smallest absolute Gasteiger partial charge is 0.303 e. The molecule has 3 heteroatoms. The van der Waals surface area contributed by atoms with E-state index < -0.39 is 5.97 Å². The van der Waals surface area contributed by atoms with Gasteiger partial charge in [-0.25, -0.2) is 0 Å². The van der Waals surface area contributed by atoms with E-state index in [1.54, 1.807) is 0 Å². The second kappa shape index (κ2) is 12.9. The number of rotatable bonds is 13. The molecule has 0 aromatic rings. The monoisotopic (exact) mass is 318 g/mol. The minimum atomic E-state index is -0.717. The van der Waals surface area contributed by atoms with Crippen molar-refractivity contribution < 1.29 is 14.6 Å². The number of epoxide rings is 1. The molecule has 1 saturated heterocycles. The van der Waals surface area contributed by atoms with Gasteiger partial charge in [0.2, 0.25) is 0 Å². The quantitative estimate of drug-likeness (QED) is 0.288. The van der Waals surface area contributed by atoms with Crippen LogP contribution in [0.15, 0.2) is 48.6 Å². The number of allylic oxidation sites excluding steroid dienone is 7. The summed E-state index contributed by atoms with van der Waals surface area (Å²) in [7, 11) is 0. The summed E-state index contributed by atoms with van der Waals surface area (Å²) in [4.78, 5) is 10.3. The van der Waals surface area contributed by atoms with Gasteiger partial charge in [0.05, 0.1) is 12.2 Å². The van der Waals surface area contributed by atoms with E-state index in [2.05, 4.69) is 55.5 Å². The molecule has 1 fully saturated rings. The van der Waals surface area contributed by atoms with Crippen LogP contribution in [0.25, 0.3) is 0 Å². The molecule has 23 heavy (non-hydrogen) atoms. The molecule has 1 aliphatic heterocycles. The second-order valence-corrected chi connectivity index (χ2v) is 5.74. The number of hydrogen-bond donors (Lipinski definition) is 1. The van der Waals surface area contributed by atoms with E-state index >= 15 is 0 Å². The summed E-state index contributed by atoms with van der Waals surface area (Å²) < 4.78 is 5.48. The van der Waals surface area contributed by atoms with Gasteiger partial charge in [-0.15, -0.1) is 0 Å². The second-order valence-electron chi connectivity index (χ2n) is 5.74. The van der Waals surface area contributed by atoms with E-state index in [1.165, 1.54) is 0 Å². The van der Waals surface area contributed by atoms with Gasteiger partial charge in [0.1, 0.15) is 0 Å². The molecule has 1 heterocycles. The van der Waals surface area contributed by atoms with E-state index in [0.717, 1.165) is 44.9 Å². The van der Waals surface area contributed by atoms with Crippen LogP contribution in [-0.4, -0.2) is 23.3 Å². The van der Waals surface area contributed by atoms with Crippen LogP contribution >= 0.6 is 0 Å². The van der Waals surface area contributed by atoms with Crippen LogP contribution < -0.4 is 0 Å². The third kappa shape index (κ3) is 11.6. The summed E-state index contributed by atoms with van der Waals surface area (Å²) >= 11 is 0. The lowest BCUT2D eigenvalue weighted by molar-refractivity contribution is -0.137. The standard InChI is InChI=1S/C20H30O3/c1-2-18-19(23-18)16-14-12-10-8-6-4-3-5-7-9-11-13-15-17-20(21)22/h3,5-6,8-9,11-12,14,18-19H,2,4,7,10,13,15-17H2,1H3,(H,21,22)/t18-,19+/m1/s1. The van der Waals surface area contributed by atoms with Gasteiger partial charge >= 0.3 is 5.97 Å². The molecule has 0 bridgehead atoms. The third-order valence-corrected chi connectivity index (χ3v) is 3.70. The largest absolute Gasteiger partial charge is 0.481 e. The molecule has 0 aromatic carbocycles. The molecule has 0 aliphatic carbocycles. The number of carboxylic acid groups (broad SMARTS) is 1. The number of aliphatic carboxylic acids is 1. The van der Waals surface area contributed by atoms with Crippen LogP contribution in [0.2, 0.25) is 0 Å². The van der Waals surface area contributed by atoms with Crippen molar-refractivity contribution in [3.63, 3.8) is 0 Å². The number of carboxylic acids is 1. The molecular weight excluding hydrogens is 288 g/mol. The molecule has 0 radical (unpaired) electrons. The molecular formula is C20H30O3. The Bertz CT molecular complexity index is 432. The Morgan fingerprint density at radius 3 is 2.00 bits per heavy atom. The lowest BCUT2D eigenvalue weighted by atomic mass is 10.2. The maximum atomic E-state index is 10.3. The normalized spacial score (nSPS) is 21.3. The van der Waals surface area contributed by atoms with Crippen molar-refractivity contribution in [3.8, 4) is 0 Å². The van der Waals surface area contributed by atoms with Crippen LogP contribution in [0, 0.1) is 0 Å². The average Bonchev–Trinajstić information content (AvgIpc) is 3.29. The maximum Gasteiger partial charge on any atom is 0.303 e. The van der Waals surface area contributed by atoms with E-state index in [9.17, 15) is 4.79 Å². The Labute approximate surface area is 140 Å². The van der Waals surface area contributed by atoms with E-state index in [-0.39, 0.29) is 6.42 Å². The van der Waals surface area contributed by atoms with E-state index in [4.69, 9.17) is 9.84 Å². The topological polar surface area (TPSA) is 49.8 Å². The summed E-state index contributed by atoms with van der Waals surface area (Å²) in [6.07, 6.45) is 25.1. The van der Waals surface area contributed by atoms with Gasteiger partial charge in [-0.05, 0) is 44.9 Å². The Balaban J connectivity index is 1.90. The Kier molecular flexibility index (Phi) is 10.9. The predicted molar refractivity (Wildman–Crippen MR) is 95.5 cm³/mol. The molecule has 1 N–H and O–H groups in total. The van der Waals surface area contributed by atoms with E-state index in [1.807, 2.05) is 0 Å². The van der Waals surface area contributed by atoms with Gasteiger partial charge in [0, 0.05) is 6.42 Å². The third-order valence-electron chi connectivity index (χ3n) is 3.70. The fraction of sp³-hybridized carbons (Fsp3) is 0.550. The molecule has 0 spiro atoms. The average molecular weight is 318 g/mol. The summed E-state index contributed by atoms with van der Waals surface area (Å²) in [5.41, 5.74) is 0. The molecule has 0 amide bonds. The van der Waals surface area contributed by atoms with Crippen molar-refractivity contribution >= 4 is 5.97 Å². The Morgan fingerprint density at radius 1 is 0.913 bits per heavy atom. The minimum Gasteiger partial charge on any atom is -0.481 e. The van der Waals surface area contributed by atoms with Crippen molar-refractivity contribution in [3.05, 3.63) is 48.6 Å². The van der Waals surface area contributed by atoms with E-state index in [0.29, 0.717) is 12.2 Å². The minimum absolute atomic E-state index is 0.256. The predicted octanol–water partition coefficient (Wildman–Crippen LogP) is 5.20. The van der Waals surface area contributed by atoms with Crippen LogP contribution in [0.5, 0.6) is 0 Å². The first-order chi connectivity index (χ1) is 11.2. The van der Waals surface area contributed by atoms with Crippen molar-refractivity contribution in [2.24, 2.45) is 0 Å². The summed E-state index contributed by atoms with van der Waals surface area (Å²) in [5.74, 6) is -0.717. The molecule has 0 unspecified atom stereocenters. The SMILES string of the molecule is CC[C@H]1O[C@H]1CC=CCC=CCC=CCC=CCCCC(=O)O. The highest BCUT2D eigenvalue weighted by molar-refractivity contribution is 5.66. The zero-order valence-electron chi connectivity index (χ0n) is 14.2. The van der Waals surface area contributed by atoms with Gasteiger partial charge in [-0.1, -0.05) is 55.5 Å². The van der Waals surface area contributed by atoms with Gasteiger partial charge in [0.25, 0.3) is 0 Å². The lowest BCUT2D eigenvalue weighted by Gasteiger charge is -1.90. The first kappa shape index (κ1) is 19.4. The Morgan fingerprint density at radius 2 is 1.48 bits per heavy atom. The van der Waals surface area contributed by atoms with Crippen molar-refractivity contribution in [1.29, 1.82) is 0 Å². The molecule has 0 aromatic heterocycles. The molecule has 1 rings (SSSR count). The molecule has 3 nitrogen and oxygen atoms in total.